The lowest BCUT2D eigenvalue weighted by Gasteiger charge is -2.24. The largest absolute Gasteiger partial charge is 0.503 e. The number of methoxy groups -OCH3 is 2. The molecule has 1 aromatic carbocycles. The third-order valence-corrected chi connectivity index (χ3v) is 5.17. The number of anilines is 1. The first-order chi connectivity index (χ1) is 14.9. The maximum atomic E-state index is 13.1. The maximum Gasteiger partial charge on any atom is 0.296 e. The minimum Gasteiger partial charge on any atom is -0.503 e. The number of amides is 1. The number of aromatic nitrogens is 3. The Hall–Kier alpha value is -3.88. The van der Waals surface area contributed by atoms with Crippen LogP contribution in [0.25, 0.3) is 11.0 Å². The molecule has 0 aliphatic carbocycles. The Morgan fingerprint density at radius 1 is 1.19 bits per heavy atom. The summed E-state index contributed by atoms with van der Waals surface area (Å²) in [5.74, 6) is -0.912. The van der Waals surface area contributed by atoms with Gasteiger partial charge in [0.1, 0.15) is 6.04 Å². The number of ether oxygens (including phenoxy) is 2. The van der Waals surface area contributed by atoms with Crippen LogP contribution in [0.1, 0.15) is 25.6 Å². The van der Waals surface area contributed by atoms with Gasteiger partial charge in [-0.15, -0.1) is 0 Å². The van der Waals surface area contributed by atoms with Crippen molar-refractivity contribution in [1.82, 2.24) is 15.0 Å². The van der Waals surface area contributed by atoms with Crippen molar-refractivity contribution < 1.29 is 24.2 Å². The molecule has 3 heterocycles. The number of aliphatic hydroxyl groups is 1. The van der Waals surface area contributed by atoms with Crippen molar-refractivity contribution in [3.05, 3.63) is 53.6 Å². The average molecular weight is 422 g/mol. The number of rotatable bonds is 6. The smallest absolute Gasteiger partial charge is 0.296 e. The molecule has 3 aromatic rings. The molecule has 31 heavy (non-hydrogen) atoms. The first kappa shape index (κ1) is 20.4. The molecule has 1 unspecified atom stereocenters. The highest BCUT2D eigenvalue weighted by Gasteiger charge is 2.46. The Labute approximate surface area is 178 Å². The zero-order valence-electron chi connectivity index (χ0n) is 17.5. The van der Waals surface area contributed by atoms with Crippen molar-refractivity contribution in [3.8, 4) is 11.5 Å². The van der Waals surface area contributed by atoms with Crippen molar-refractivity contribution in [2.24, 2.45) is 5.92 Å². The average Bonchev–Trinajstić information content (AvgIpc) is 3.30. The number of hydrogen-bond acceptors (Lipinski definition) is 7. The molecule has 9 heteroatoms. The predicted molar refractivity (Wildman–Crippen MR) is 113 cm³/mol. The topological polar surface area (TPSA) is 118 Å². The SMILES string of the molecule is COc1cc2nc(N3C(=O)C(O)=C(C(=O)C(C)C)C3c3ccccn3)[nH]c2cc1OC. The van der Waals surface area contributed by atoms with Gasteiger partial charge < -0.3 is 19.6 Å². The summed E-state index contributed by atoms with van der Waals surface area (Å²) in [5, 5.41) is 10.6. The van der Waals surface area contributed by atoms with Gasteiger partial charge in [0, 0.05) is 24.2 Å². The summed E-state index contributed by atoms with van der Waals surface area (Å²) in [6.45, 7) is 3.43. The van der Waals surface area contributed by atoms with Crippen LogP contribution in [0, 0.1) is 5.92 Å². The van der Waals surface area contributed by atoms with Gasteiger partial charge in [0.25, 0.3) is 5.91 Å². The number of nitrogens with zero attached hydrogens (tertiary/aromatic N) is 3. The summed E-state index contributed by atoms with van der Waals surface area (Å²) in [5.41, 5.74) is 1.58. The molecule has 2 aromatic heterocycles. The number of aliphatic hydroxyl groups excluding tert-OH is 1. The Kier molecular flexibility index (Phi) is 5.10. The van der Waals surface area contributed by atoms with E-state index in [1.54, 1.807) is 50.4 Å². The lowest BCUT2D eigenvalue weighted by Crippen LogP contribution is -2.32. The summed E-state index contributed by atoms with van der Waals surface area (Å²) in [7, 11) is 3.04. The Morgan fingerprint density at radius 2 is 1.90 bits per heavy atom. The third-order valence-electron chi connectivity index (χ3n) is 5.17. The van der Waals surface area contributed by atoms with Crippen LogP contribution in [0.2, 0.25) is 0 Å². The van der Waals surface area contributed by atoms with Crippen LogP contribution < -0.4 is 14.4 Å². The van der Waals surface area contributed by atoms with E-state index in [1.807, 2.05) is 0 Å². The van der Waals surface area contributed by atoms with Crippen LogP contribution in [0.5, 0.6) is 11.5 Å². The minimum absolute atomic E-state index is 0.00863. The summed E-state index contributed by atoms with van der Waals surface area (Å²) in [6.07, 6.45) is 1.57. The number of carbonyl (C=O) groups is 2. The number of Topliss-reactive ketones (excluding diaryl/α,β-unsaturated/α-hetero) is 1. The van der Waals surface area contributed by atoms with Crippen LogP contribution in [0.15, 0.2) is 47.9 Å². The fourth-order valence-corrected chi connectivity index (χ4v) is 3.64. The lowest BCUT2D eigenvalue weighted by atomic mass is 9.93. The molecule has 0 fully saturated rings. The molecule has 0 radical (unpaired) electrons. The fourth-order valence-electron chi connectivity index (χ4n) is 3.64. The van der Waals surface area contributed by atoms with E-state index in [1.165, 1.54) is 19.1 Å². The number of H-pyrrole nitrogens is 1. The molecule has 0 saturated carbocycles. The highest BCUT2D eigenvalue weighted by atomic mass is 16.5. The van der Waals surface area contributed by atoms with Crippen molar-refractivity contribution >= 4 is 28.7 Å². The van der Waals surface area contributed by atoms with Crippen LogP contribution >= 0.6 is 0 Å². The molecular formula is C22H22N4O5. The second-order valence-corrected chi connectivity index (χ2v) is 7.40. The van der Waals surface area contributed by atoms with Gasteiger partial charge in [0.2, 0.25) is 5.95 Å². The van der Waals surface area contributed by atoms with Gasteiger partial charge in [-0.2, -0.15) is 0 Å². The van der Waals surface area contributed by atoms with Gasteiger partial charge in [-0.3, -0.25) is 19.5 Å². The molecule has 2 N–H and O–H groups in total. The van der Waals surface area contributed by atoms with Gasteiger partial charge >= 0.3 is 0 Å². The first-order valence-corrected chi connectivity index (χ1v) is 9.71. The Balaban J connectivity index is 1.88. The molecule has 160 valence electrons. The molecule has 1 amide bonds. The maximum absolute atomic E-state index is 13.1. The molecule has 1 aliphatic rings. The normalized spacial score (nSPS) is 16.5. The van der Waals surface area contributed by atoms with Gasteiger partial charge in [0.05, 0.1) is 36.5 Å². The molecule has 0 bridgehead atoms. The van der Waals surface area contributed by atoms with Crippen LogP contribution in [-0.2, 0) is 9.59 Å². The predicted octanol–water partition coefficient (Wildman–Crippen LogP) is 3.10. The summed E-state index contributed by atoms with van der Waals surface area (Å²) >= 11 is 0. The number of fused-ring (bicyclic) bond motifs is 1. The van der Waals surface area contributed by atoms with E-state index >= 15 is 0 Å². The number of pyridine rings is 1. The number of nitrogens with one attached hydrogen (secondary N) is 1. The number of ketones is 1. The fraction of sp³-hybridized carbons (Fsp3) is 0.273. The summed E-state index contributed by atoms with van der Waals surface area (Å²) in [4.78, 5) is 39.2. The minimum atomic E-state index is -0.909. The quantitative estimate of drug-likeness (QED) is 0.627. The zero-order valence-corrected chi connectivity index (χ0v) is 17.5. The first-order valence-electron chi connectivity index (χ1n) is 9.71. The number of hydrogen-bond donors (Lipinski definition) is 2. The van der Waals surface area contributed by atoms with E-state index < -0.39 is 23.6 Å². The van der Waals surface area contributed by atoms with E-state index in [0.29, 0.717) is 28.2 Å². The summed E-state index contributed by atoms with van der Waals surface area (Å²) in [6, 6.07) is 7.66. The van der Waals surface area contributed by atoms with Gasteiger partial charge in [-0.25, -0.2) is 4.98 Å². The lowest BCUT2D eigenvalue weighted by molar-refractivity contribution is -0.119. The molecular weight excluding hydrogens is 400 g/mol. The highest BCUT2D eigenvalue weighted by Crippen LogP contribution is 2.41. The third kappa shape index (κ3) is 3.27. The molecule has 4 rings (SSSR count). The van der Waals surface area contributed by atoms with E-state index in [9.17, 15) is 14.7 Å². The van der Waals surface area contributed by atoms with Crippen molar-refractivity contribution in [3.63, 3.8) is 0 Å². The van der Waals surface area contributed by atoms with E-state index in [0.717, 1.165) is 0 Å². The van der Waals surface area contributed by atoms with Crippen LogP contribution in [-0.4, -0.2) is 46.0 Å². The van der Waals surface area contributed by atoms with E-state index in [4.69, 9.17) is 9.47 Å². The number of aromatic amines is 1. The second kappa shape index (κ2) is 7.75. The summed E-state index contributed by atoms with van der Waals surface area (Å²) < 4.78 is 10.6. The molecule has 0 spiro atoms. The molecule has 1 atom stereocenters. The van der Waals surface area contributed by atoms with Crippen LogP contribution in [0.4, 0.5) is 5.95 Å². The van der Waals surface area contributed by atoms with Gasteiger partial charge in [-0.1, -0.05) is 19.9 Å². The standard InChI is InChI=1S/C22H22N4O5/c1-11(2)19(27)17-18(12-7-5-6-8-23-12)26(21(29)20(17)28)22-24-13-9-15(30-3)16(31-4)10-14(13)25-22/h5-11,18,28H,1-4H3,(H,24,25). The van der Waals surface area contributed by atoms with E-state index in [2.05, 4.69) is 15.0 Å². The van der Waals surface area contributed by atoms with Gasteiger partial charge in [-0.05, 0) is 12.1 Å². The van der Waals surface area contributed by atoms with Crippen LogP contribution in [0.3, 0.4) is 0 Å². The highest BCUT2D eigenvalue weighted by molar-refractivity contribution is 6.16. The molecule has 1 aliphatic heterocycles. The Bertz CT molecular complexity index is 1160. The van der Waals surface area contributed by atoms with Crippen molar-refractivity contribution in [1.29, 1.82) is 0 Å². The van der Waals surface area contributed by atoms with Crippen molar-refractivity contribution in [2.45, 2.75) is 19.9 Å². The zero-order chi connectivity index (χ0) is 22.3. The second-order valence-electron chi connectivity index (χ2n) is 7.40. The monoisotopic (exact) mass is 422 g/mol. The Morgan fingerprint density at radius 3 is 2.52 bits per heavy atom. The number of carbonyl (C=O) groups excluding carboxylic acids is 2. The van der Waals surface area contributed by atoms with Crippen molar-refractivity contribution in [2.75, 3.05) is 19.1 Å². The molecule has 9 nitrogen and oxygen atoms in total. The van der Waals surface area contributed by atoms with Gasteiger partial charge in [0.15, 0.2) is 23.0 Å². The van der Waals surface area contributed by atoms with E-state index in [-0.39, 0.29) is 17.3 Å². The molecule has 0 saturated heterocycles. The number of benzene rings is 1. The number of imidazole rings is 1.